The van der Waals surface area contributed by atoms with Gasteiger partial charge in [0.2, 0.25) is 0 Å². The highest BCUT2D eigenvalue weighted by atomic mass is 35.5. The fourth-order valence-electron chi connectivity index (χ4n) is 4.11. The van der Waals surface area contributed by atoms with Crippen LogP contribution in [-0.2, 0) is 10.2 Å². The molecule has 0 amide bonds. The monoisotopic (exact) mass is 325 g/mol. The Morgan fingerprint density at radius 3 is 2.86 bits per heavy atom. The van der Waals surface area contributed by atoms with Gasteiger partial charge in [-0.25, -0.2) is 0 Å². The predicted molar refractivity (Wildman–Crippen MR) is 86.2 cm³/mol. The summed E-state index contributed by atoms with van der Waals surface area (Å²) in [6.07, 6.45) is 5.40. The average Bonchev–Trinajstić information content (AvgIpc) is 3.10. The molecule has 21 heavy (non-hydrogen) atoms. The molecular formula is C17H21Cl2NO. The molecule has 3 atom stereocenters. The number of halogens is 2. The van der Waals surface area contributed by atoms with Crippen LogP contribution in [0.5, 0.6) is 0 Å². The first-order valence-electron chi connectivity index (χ1n) is 7.95. The van der Waals surface area contributed by atoms with Gasteiger partial charge in [0.1, 0.15) is 0 Å². The summed E-state index contributed by atoms with van der Waals surface area (Å²) in [4.78, 5) is 0. The first kappa shape index (κ1) is 14.3. The van der Waals surface area contributed by atoms with Crippen molar-refractivity contribution in [1.29, 1.82) is 0 Å². The quantitative estimate of drug-likeness (QED) is 0.902. The van der Waals surface area contributed by atoms with Crippen molar-refractivity contribution in [3.63, 3.8) is 0 Å². The number of rotatable bonds is 4. The molecular weight excluding hydrogens is 305 g/mol. The van der Waals surface area contributed by atoms with E-state index in [0.29, 0.717) is 22.1 Å². The van der Waals surface area contributed by atoms with Gasteiger partial charge in [-0.2, -0.15) is 0 Å². The maximum Gasteiger partial charge on any atom is 0.0595 e. The van der Waals surface area contributed by atoms with Gasteiger partial charge in [0.15, 0.2) is 0 Å². The maximum atomic E-state index is 6.24. The fraction of sp³-hybridized carbons (Fsp3) is 0.647. The molecule has 114 valence electrons. The highest BCUT2D eigenvalue weighted by Gasteiger charge is 2.51. The Morgan fingerprint density at radius 1 is 1.24 bits per heavy atom. The van der Waals surface area contributed by atoms with E-state index in [1.165, 1.54) is 24.8 Å². The Morgan fingerprint density at radius 2 is 2.10 bits per heavy atom. The van der Waals surface area contributed by atoms with Gasteiger partial charge in [0.25, 0.3) is 0 Å². The van der Waals surface area contributed by atoms with Gasteiger partial charge in [-0.3, -0.25) is 0 Å². The summed E-state index contributed by atoms with van der Waals surface area (Å²) in [5.41, 5.74) is 1.51. The van der Waals surface area contributed by atoms with E-state index in [9.17, 15) is 0 Å². The van der Waals surface area contributed by atoms with Gasteiger partial charge in [0.05, 0.1) is 16.1 Å². The number of nitrogens with one attached hydrogen (secondary N) is 1. The van der Waals surface area contributed by atoms with E-state index in [0.717, 1.165) is 32.0 Å². The molecule has 3 unspecified atom stereocenters. The zero-order valence-electron chi connectivity index (χ0n) is 12.1. The molecule has 0 radical (unpaired) electrons. The van der Waals surface area contributed by atoms with Crippen LogP contribution in [0.1, 0.15) is 31.2 Å². The Labute approximate surface area is 136 Å². The highest BCUT2D eigenvalue weighted by Crippen LogP contribution is 2.50. The zero-order chi connectivity index (χ0) is 14.4. The van der Waals surface area contributed by atoms with Crippen molar-refractivity contribution >= 4 is 23.2 Å². The van der Waals surface area contributed by atoms with Gasteiger partial charge in [-0.15, -0.1) is 0 Å². The standard InChI is InChI=1S/C17H21Cl2NO/c18-15-4-3-12(6-16(15)19)17-7-14(21-9-11-1-2-11)5-13(17)8-20-10-17/h3-4,6,11,13-14,20H,1-2,5,7-10H2. The minimum absolute atomic E-state index is 0.183. The van der Waals surface area contributed by atoms with E-state index >= 15 is 0 Å². The molecule has 4 rings (SSSR count). The average molecular weight is 326 g/mol. The van der Waals surface area contributed by atoms with Gasteiger partial charge < -0.3 is 10.1 Å². The van der Waals surface area contributed by atoms with E-state index in [-0.39, 0.29) is 5.41 Å². The molecule has 1 N–H and O–H groups in total. The Kier molecular flexibility index (Phi) is 3.69. The third kappa shape index (κ3) is 2.61. The first-order chi connectivity index (χ1) is 10.2. The third-order valence-electron chi connectivity index (χ3n) is 5.51. The lowest BCUT2D eigenvalue weighted by atomic mass is 9.74. The summed E-state index contributed by atoms with van der Waals surface area (Å²) in [5.74, 6) is 1.49. The number of benzene rings is 1. The second-order valence-electron chi connectivity index (χ2n) is 6.95. The number of hydrogen-bond donors (Lipinski definition) is 1. The molecule has 1 heterocycles. The minimum Gasteiger partial charge on any atom is -0.378 e. The molecule has 1 aliphatic heterocycles. The maximum absolute atomic E-state index is 6.24. The molecule has 1 aromatic rings. The topological polar surface area (TPSA) is 21.3 Å². The molecule has 3 fully saturated rings. The molecule has 1 saturated heterocycles. The van der Waals surface area contributed by atoms with E-state index in [2.05, 4.69) is 17.4 Å². The number of fused-ring (bicyclic) bond motifs is 1. The summed E-state index contributed by atoms with van der Waals surface area (Å²) in [7, 11) is 0. The van der Waals surface area contributed by atoms with Gasteiger partial charge >= 0.3 is 0 Å². The van der Waals surface area contributed by atoms with Crippen molar-refractivity contribution in [3.8, 4) is 0 Å². The normalized spacial score (nSPS) is 35.1. The summed E-state index contributed by atoms with van der Waals surface area (Å²) in [6.45, 7) is 3.07. The van der Waals surface area contributed by atoms with Crippen molar-refractivity contribution in [3.05, 3.63) is 33.8 Å². The summed E-state index contributed by atoms with van der Waals surface area (Å²) in [5, 5.41) is 4.87. The molecule has 1 aromatic carbocycles. The summed E-state index contributed by atoms with van der Waals surface area (Å²) in [6, 6.07) is 6.15. The van der Waals surface area contributed by atoms with Crippen molar-refractivity contribution in [2.45, 2.75) is 37.2 Å². The Balaban J connectivity index is 1.56. The van der Waals surface area contributed by atoms with Crippen LogP contribution in [0.3, 0.4) is 0 Å². The van der Waals surface area contributed by atoms with E-state index < -0.39 is 0 Å². The Hall–Kier alpha value is -0.280. The second kappa shape index (κ2) is 5.42. The van der Waals surface area contributed by atoms with Crippen LogP contribution in [0.25, 0.3) is 0 Å². The van der Waals surface area contributed by atoms with Gasteiger partial charge in [-0.1, -0.05) is 29.3 Å². The number of hydrogen-bond acceptors (Lipinski definition) is 2. The first-order valence-corrected chi connectivity index (χ1v) is 8.71. The number of ether oxygens (including phenoxy) is 1. The van der Waals surface area contributed by atoms with Crippen LogP contribution in [0, 0.1) is 11.8 Å². The summed E-state index contributed by atoms with van der Waals surface area (Å²) < 4.78 is 6.18. The molecule has 2 saturated carbocycles. The lowest BCUT2D eigenvalue weighted by Gasteiger charge is -2.29. The second-order valence-corrected chi connectivity index (χ2v) is 7.77. The van der Waals surface area contributed by atoms with Crippen LogP contribution in [0.2, 0.25) is 10.0 Å². The highest BCUT2D eigenvalue weighted by molar-refractivity contribution is 6.42. The van der Waals surface area contributed by atoms with Crippen molar-refractivity contribution in [1.82, 2.24) is 5.32 Å². The van der Waals surface area contributed by atoms with Crippen LogP contribution >= 0.6 is 23.2 Å². The lowest BCUT2D eigenvalue weighted by Crippen LogP contribution is -2.31. The molecule has 0 bridgehead atoms. The van der Waals surface area contributed by atoms with Gasteiger partial charge in [0, 0.05) is 18.6 Å². The van der Waals surface area contributed by atoms with E-state index in [1.807, 2.05) is 6.07 Å². The minimum atomic E-state index is 0.183. The van der Waals surface area contributed by atoms with Crippen LogP contribution < -0.4 is 5.32 Å². The smallest absolute Gasteiger partial charge is 0.0595 e. The van der Waals surface area contributed by atoms with Crippen molar-refractivity contribution in [2.24, 2.45) is 11.8 Å². The Bertz CT molecular complexity index is 546. The SMILES string of the molecule is Clc1ccc(C23CNCC2CC(OCC2CC2)C3)cc1Cl. The lowest BCUT2D eigenvalue weighted by molar-refractivity contribution is 0.0446. The van der Waals surface area contributed by atoms with Crippen molar-refractivity contribution < 1.29 is 4.74 Å². The molecule has 2 aliphatic carbocycles. The molecule has 0 aromatic heterocycles. The predicted octanol–water partition coefficient (Wildman–Crippen LogP) is 4.04. The molecule has 2 nitrogen and oxygen atoms in total. The third-order valence-corrected chi connectivity index (χ3v) is 6.25. The molecule has 0 spiro atoms. The largest absolute Gasteiger partial charge is 0.378 e. The molecule has 4 heteroatoms. The van der Waals surface area contributed by atoms with E-state index in [1.54, 1.807) is 0 Å². The zero-order valence-corrected chi connectivity index (χ0v) is 13.6. The van der Waals surface area contributed by atoms with Crippen LogP contribution in [0.15, 0.2) is 18.2 Å². The van der Waals surface area contributed by atoms with Crippen LogP contribution in [-0.4, -0.2) is 25.8 Å². The van der Waals surface area contributed by atoms with Crippen molar-refractivity contribution in [2.75, 3.05) is 19.7 Å². The van der Waals surface area contributed by atoms with E-state index in [4.69, 9.17) is 27.9 Å². The summed E-state index contributed by atoms with van der Waals surface area (Å²) >= 11 is 12.3. The van der Waals surface area contributed by atoms with Crippen LogP contribution in [0.4, 0.5) is 0 Å². The fourth-order valence-corrected chi connectivity index (χ4v) is 4.41. The molecule has 3 aliphatic rings. The van der Waals surface area contributed by atoms with Gasteiger partial charge in [-0.05, 0) is 61.8 Å².